The Kier molecular flexibility index (Phi) is 4.84. The van der Waals surface area contributed by atoms with Crippen molar-refractivity contribution >= 4 is 17.4 Å². The largest absolute Gasteiger partial charge is 0.389 e. The number of nitro groups is 1. The molecule has 1 aromatic rings. The molecule has 8 heteroatoms. The Morgan fingerprint density at radius 1 is 1.45 bits per heavy atom. The van der Waals surface area contributed by atoms with E-state index in [2.05, 4.69) is 15.3 Å². The van der Waals surface area contributed by atoms with Gasteiger partial charge in [0.15, 0.2) is 0 Å². The van der Waals surface area contributed by atoms with Crippen LogP contribution in [0.25, 0.3) is 0 Å². The zero-order valence-electron chi connectivity index (χ0n) is 12.3. The maximum absolute atomic E-state index is 11.7. The van der Waals surface area contributed by atoms with Gasteiger partial charge in [-0.1, -0.05) is 17.3 Å². The van der Waals surface area contributed by atoms with Gasteiger partial charge in [0.2, 0.25) is 0 Å². The SMILES string of the molecule is CN(C)CCN/C=C1\C(=O)ON=C1c1cccc([N+](=O)[O-])c1. The fraction of sp³-hybridized carbons (Fsp3) is 0.286. The Hall–Kier alpha value is -2.74. The van der Waals surface area contributed by atoms with E-state index in [-0.39, 0.29) is 17.0 Å². The fourth-order valence-corrected chi connectivity index (χ4v) is 1.85. The first-order valence-electron chi connectivity index (χ1n) is 6.62. The van der Waals surface area contributed by atoms with Gasteiger partial charge in [0.1, 0.15) is 11.3 Å². The molecule has 0 saturated carbocycles. The molecule has 1 aromatic carbocycles. The van der Waals surface area contributed by atoms with Crippen molar-refractivity contribution in [2.45, 2.75) is 0 Å². The molecule has 1 aliphatic rings. The molecule has 0 aromatic heterocycles. The van der Waals surface area contributed by atoms with Gasteiger partial charge in [-0.15, -0.1) is 0 Å². The number of non-ortho nitro benzene ring substituents is 1. The van der Waals surface area contributed by atoms with Crippen LogP contribution in [-0.4, -0.2) is 48.7 Å². The van der Waals surface area contributed by atoms with Gasteiger partial charge in [0, 0.05) is 37.0 Å². The Morgan fingerprint density at radius 3 is 2.91 bits per heavy atom. The predicted molar refractivity (Wildman–Crippen MR) is 80.4 cm³/mol. The second kappa shape index (κ2) is 6.81. The van der Waals surface area contributed by atoms with E-state index in [1.165, 1.54) is 24.4 Å². The number of nitrogens with one attached hydrogen (secondary N) is 1. The highest BCUT2D eigenvalue weighted by atomic mass is 16.7. The molecule has 0 aliphatic carbocycles. The van der Waals surface area contributed by atoms with Crippen molar-refractivity contribution in [1.82, 2.24) is 10.2 Å². The number of hydrogen-bond acceptors (Lipinski definition) is 7. The van der Waals surface area contributed by atoms with Crippen molar-refractivity contribution in [3.05, 3.63) is 51.7 Å². The number of hydrogen-bond donors (Lipinski definition) is 1. The summed E-state index contributed by atoms with van der Waals surface area (Å²) >= 11 is 0. The summed E-state index contributed by atoms with van der Waals surface area (Å²) in [7, 11) is 3.88. The molecule has 0 radical (unpaired) electrons. The smallest absolute Gasteiger partial charge is 0.369 e. The molecular weight excluding hydrogens is 288 g/mol. The van der Waals surface area contributed by atoms with E-state index in [0.29, 0.717) is 12.1 Å². The number of oxime groups is 1. The lowest BCUT2D eigenvalue weighted by Gasteiger charge is -2.09. The molecular formula is C14H16N4O4. The molecule has 22 heavy (non-hydrogen) atoms. The number of carbonyl (C=O) groups is 1. The predicted octanol–water partition coefficient (Wildman–Crippen LogP) is 0.891. The van der Waals surface area contributed by atoms with Crippen LogP contribution >= 0.6 is 0 Å². The Morgan fingerprint density at radius 2 is 2.23 bits per heavy atom. The van der Waals surface area contributed by atoms with Crippen LogP contribution in [-0.2, 0) is 9.63 Å². The maximum atomic E-state index is 11.7. The highest BCUT2D eigenvalue weighted by molar-refractivity contribution is 6.28. The summed E-state index contributed by atoms with van der Waals surface area (Å²) in [6.07, 6.45) is 1.52. The lowest BCUT2D eigenvalue weighted by Crippen LogP contribution is -2.24. The third kappa shape index (κ3) is 3.67. The van der Waals surface area contributed by atoms with Gasteiger partial charge in [0.05, 0.1) is 4.92 Å². The second-order valence-electron chi connectivity index (χ2n) is 4.94. The van der Waals surface area contributed by atoms with E-state index in [0.717, 1.165) is 6.54 Å². The number of likely N-dealkylation sites (N-methyl/N-ethyl adjacent to an activating group) is 1. The van der Waals surface area contributed by atoms with Crippen molar-refractivity contribution in [2.24, 2.45) is 5.16 Å². The monoisotopic (exact) mass is 304 g/mol. The molecule has 116 valence electrons. The number of nitro benzene ring substituents is 1. The minimum Gasteiger partial charge on any atom is -0.389 e. The summed E-state index contributed by atoms with van der Waals surface area (Å²) in [4.78, 5) is 28.7. The van der Waals surface area contributed by atoms with Crippen LogP contribution in [0.15, 0.2) is 41.2 Å². The summed E-state index contributed by atoms with van der Waals surface area (Å²) in [6, 6.07) is 5.91. The molecule has 1 heterocycles. The van der Waals surface area contributed by atoms with Gasteiger partial charge in [0.25, 0.3) is 5.69 Å². The van der Waals surface area contributed by atoms with Crippen LogP contribution < -0.4 is 5.32 Å². The van der Waals surface area contributed by atoms with E-state index in [9.17, 15) is 14.9 Å². The molecule has 0 fully saturated rings. The van der Waals surface area contributed by atoms with Gasteiger partial charge < -0.3 is 15.1 Å². The van der Waals surface area contributed by atoms with Crippen LogP contribution in [0.1, 0.15) is 5.56 Å². The van der Waals surface area contributed by atoms with Crippen molar-refractivity contribution in [2.75, 3.05) is 27.2 Å². The minimum absolute atomic E-state index is 0.0699. The van der Waals surface area contributed by atoms with Gasteiger partial charge >= 0.3 is 5.97 Å². The first-order valence-corrected chi connectivity index (χ1v) is 6.62. The molecule has 1 aliphatic heterocycles. The van der Waals surface area contributed by atoms with E-state index in [4.69, 9.17) is 0 Å². The highest BCUT2D eigenvalue weighted by Gasteiger charge is 2.27. The molecule has 1 N–H and O–H groups in total. The third-order valence-corrected chi connectivity index (χ3v) is 2.98. The number of carbonyl (C=O) groups excluding carboxylic acids is 1. The first-order chi connectivity index (χ1) is 10.5. The van der Waals surface area contributed by atoms with Crippen LogP contribution in [0.5, 0.6) is 0 Å². The Labute approximate surface area is 127 Å². The van der Waals surface area contributed by atoms with E-state index in [1.807, 2.05) is 19.0 Å². The van der Waals surface area contributed by atoms with E-state index < -0.39 is 10.9 Å². The second-order valence-corrected chi connectivity index (χ2v) is 4.94. The summed E-state index contributed by atoms with van der Waals surface area (Å²) in [5.41, 5.74) is 0.922. The van der Waals surface area contributed by atoms with Crippen molar-refractivity contribution in [3.8, 4) is 0 Å². The van der Waals surface area contributed by atoms with E-state index >= 15 is 0 Å². The van der Waals surface area contributed by atoms with Crippen molar-refractivity contribution in [3.63, 3.8) is 0 Å². The lowest BCUT2D eigenvalue weighted by atomic mass is 10.0. The van der Waals surface area contributed by atoms with Crippen molar-refractivity contribution < 1.29 is 14.6 Å². The minimum atomic E-state index is -0.584. The number of nitrogens with zero attached hydrogens (tertiary/aromatic N) is 3. The van der Waals surface area contributed by atoms with Crippen molar-refractivity contribution in [1.29, 1.82) is 0 Å². The summed E-state index contributed by atoms with van der Waals surface area (Å²) in [5.74, 6) is -0.584. The zero-order valence-corrected chi connectivity index (χ0v) is 12.3. The van der Waals surface area contributed by atoms with Gasteiger partial charge in [-0.05, 0) is 14.1 Å². The Balaban J connectivity index is 2.18. The Bertz CT molecular complexity index is 652. The lowest BCUT2D eigenvalue weighted by molar-refractivity contribution is -0.384. The molecule has 0 amide bonds. The molecule has 8 nitrogen and oxygen atoms in total. The topological polar surface area (TPSA) is 97.1 Å². The summed E-state index contributed by atoms with van der Waals surface area (Å²) < 4.78 is 0. The average molecular weight is 304 g/mol. The first kappa shape index (κ1) is 15.6. The van der Waals surface area contributed by atoms with Crippen LogP contribution in [0, 0.1) is 10.1 Å². The van der Waals surface area contributed by atoms with E-state index in [1.54, 1.807) is 6.07 Å². The van der Waals surface area contributed by atoms with Crippen LogP contribution in [0.2, 0.25) is 0 Å². The van der Waals surface area contributed by atoms with Gasteiger partial charge in [-0.2, -0.15) is 0 Å². The summed E-state index contributed by atoms with van der Waals surface area (Å²) in [5, 5.41) is 17.5. The molecule has 0 atom stereocenters. The van der Waals surface area contributed by atoms with Crippen LogP contribution in [0.3, 0.4) is 0 Å². The quantitative estimate of drug-likeness (QED) is 0.276. The molecule has 0 unspecified atom stereocenters. The van der Waals surface area contributed by atoms with Gasteiger partial charge in [-0.25, -0.2) is 4.79 Å². The maximum Gasteiger partial charge on any atom is 0.369 e. The number of rotatable bonds is 6. The number of benzene rings is 1. The zero-order chi connectivity index (χ0) is 16.1. The highest BCUT2D eigenvalue weighted by Crippen LogP contribution is 2.21. The normalized spacial score (nSPS) is 15.9. The van der Waals surface area contributed by atoms with Gasteiger partial charge in [-0.3, -0.25) is 10.1 Å². The average Bonchev–Trinajstić information content (AvgIpc) is 2.85. The molecule has 2 rings (SSSR count). The molecule has 0 bridgehead atoms. The standard InChI is InChI=1S/C14H16N4O4/c1-17(2)7-6-15-9-12-13(16-22-14(12)19)10-4-3-5-11(8-10)18(20)21/h3-5,8-9,15H,6-7H2,1-2H3/b12-9-. The molecule has 0 spiro atoms. The van der Waals surface area contributed by atoms with Crippen LogP contribution in [0.4, 0.5) is 5.69 Å². The fourth-order valence-electron chi connectivity index (χ4n) is 1.85. The molecule has 0 saturated heterocycles. The summed E-state index contributed by atoms with van der Waals surface area (Å²) in [6.45, 7) is 1.44. The third-order valence-electron chi connectivity index (χ3n) is 2.98.